The van der Waals surface area contributed by atoms with Gasteiger partial charge < -0.3 is 14.2 Å². The molecule has 2 atom stereocenters. The molecular formula is C14H20F3NO7. The number of amides is 1. The molecule has 0 N–H and O–H groups in total. The van der Waals surface area contributed by atoms with Crippen LogP contribution in [0.3, 0.4) is 0 Å². The van der Waals surface area contributed by atoms with Crippen molar-refractivity contribution < 1.29 is 46.6 Å². The van der Waals surface area contributed by atoms with Crippen molar-refractivity contribution in [1.82, 2.24) is 5.06 Å². The summed E-state index contributed by atoms with van der Waals surface area (Å²) in [5.41, 5.74) is -3.21. The molecule has 1 fully saturated rings. The Morgan fingerprint density at radius 3 is 2.12 bits per heavy atom. The lowest BCUT2D eigenvalue weighted by atomic mass is 9.91. The first-order valence-electron chi connectivity index (χ1n) is 7.18. The van der Waals surface area contributed by atoms with Crippen LogP contribution in [0.25, 0.3) is 0 Å². The third-order valence-corrected chi connectivity index (χ3v) is 3.26. The fourth-order valence-electron chi connectivity index (χ4n) is 2.31. The lowest BCUT2D eigenvalue weighted by Gasteiger charge is -2.32. The van der Waals surface area contributed by atoms with Gasteiger partial charge in [-0.05, 0) is 20.8 Å². The van der Waals surface area contributed by atoms with Crippen molar-refractivity contribution in [3.05, 3.63) is 0 Å². The van der Waals surface area contributed by atoms with Gasteiger partial charge in [-0.3, -0.25) is 9.59 Å². The quantitative estimate of drug-likeness (QED) is 0.689. The van der Waals surface area contributed by atoms with Crippen molar-refractivity contribution in [2.45, 2.75) is 57.2 Å². The Kier molecular flexibility index (Phi) is 6.06. The Labute approximate surface area is 142 Å². The van der Waals surface area contributed by atoms with Gasteiger partial charge in [0.15, 0.2) is 11.8 Å². The predicted octanol–water partition coefficient (Wildman–Crippen LogP) is 1.33. The fourth-order valence-corrected chi connectivity index (χ4v) is 2.31. The minimum absolute atomic E-state index is 0.188. The van der Waals surface area contributed by atoms with E-state index >= 15 is 0 Å². The Bertz CT molecular complexity index is 544. The fraction of sp³-hybridized carbons (Fsp3) is 0.786. The molecule has 0 aliphatic carbocycles. The highest BCUT2D eigenvalue weighted by Gasteiger charge is 2.62. The Balaban J connectivity index is 3.35. The lowest BCUT2D eigenvalue weighted by Crippen LogP contribution is -2.57. The Morgan fingerprint density at radius 2 is 1.72 bits per heavy atom. The zero-order valence-electron chi connectivity index (χ0n) is 14.4. The average molecular weight is 371 g/mol. The first kappa shape index (κ1) is 21.2. The second-order valence-corrected chi connectivity index (χ2v) is 6.34. The van der Waals surface area contributed by atoms with Gasteiger partial charge in [-0.25, -0.2) is 9.63 Å². The minimum atomic E-state index is -5.34. The molecule has 0 aromatic carbocycles. The van der Waals surface area contributed by atoms with Crippen LogP contribution in [0.2, 0.25) is 0 Å². The van der Waals surface area contributed by atoms with Crippen LogP contribution in [0.4, 0.5) is 13.2 Å². The van der Waals surface area contributed by atoms with Gasteiger partial charge >= 0.3 is 24.0 Å². The molecule has 8 nitrogen and oxygen atoms in total. The number of carbonyl (C=O) groups excluding carboxylic acids is 3. The monoisotopic (exact) mass is 371 g/mol. The van der Waals surface area contributed by atoms with E-state index in [1.165, 1.54) is 0 Å². The SMILES string of the molecule is COC(=O)C[C@@]1(C(=O)OC)C[C@@H](OC(C)(C)C)ON1C(=O)C(F)(F)F. The average Bonchev–Trinajstić information content (AvgIpc) is 2.81. The summed E-state index contributed by atoms with van der Waals surface area (Å²) in [6, 6.07) is 0. The summed E-state index contributed by atoms with van der Waals surface area (Å²) in [4.78, 5) is 40.6. The number of halogens is 3. The maximum atomic E-state index is 12.9. The minimum Gasteiger partial charge on any atom is -0.469 e. The molecule has 1 aliphatic heterocycles. The molecule has 1 rings (SSSR count). The summed E-state index contributed by atoms with van der Waals surface area (Å²) in [7, 11) is 1.90. The van der Waals surface area contributed by atoms with Crippen LogP contribution in [0.5, 0.6) is 0 Å². The Morgan fingerprint density at radius 1 is 1.16 bits per heavy atom. The van der Waals surface area contributed by atoms with E-state index < -0.39 is 54.3 Å². The van der Waals surface area contributed by atoms with Crippen LogP contribution >= 0.6 is 0 Å². The van der Waals surface area contributed by atoms with Gasteiger partial charge in [0.05, 0.1) is 26.2 Å². The summed E-state index contributed by atoms with van der Waals surface area (Å²) in [6.07, 6.45) is -8.14. The van der Waals surface area contributed by atoms with E-state index in [9.17, 15) is 27.6 Å². The molecule has 1 saturated heterocycles. The van der Waals surface area contributed by atoms with Crippen LogP contribution < -0.4 is 0 Å². The van der Waals surface area contributed by atoms with Crippen molar-refractivity contribution in [1.29, 1.82) is 0 Å². The van der Waals surface area contributed by atoms with E-state index in [1.807, 2.05) is 0 Å². The topological polar surface area (TPSA) is 91.4 Å². The van der Waals surface area contributed by atoms with Crippen molar-refractivity contribution in [2.75, 3.05) is 14.2 Å². The standard InChI is InChI=1S/C14H20F3NO7/c1-12(2,3)24-9-7-13(11(21)23-5,6-8(19)22-4)18(25-9)10(20)14(15,16)17/h9H,6-7H2,1-5H3/t9-,13-/m0/s1. The smallest absolute Gasteiger partial charge is 0.469 e. The third-order valence-electron chi connectivity index (χ3n) is 3.26. The number of nitrogens with zero attached hydrogens (tertiary/aromatic N) is 1. The molecule has 11 heteroatoms. The molecule has 25 heavy (non-hydrogen) atoms. The summed E-state index contributed by atoms with van der Waals surface area (Å²) < 4.78 is 53.1. The van der Waals surface area contributed by atoms with E-state index in [1.54, 1.807) is 20.8 Å². The molecule has 0 saturated carbocycles. The number of methoxy groups -OCH3 is 2. The Hall–Kier alpha value is -1.88. The van der Waals surface area contributed by atoms with Crippen LogP contribution in [0.1, 0.15) is 33.6 Å². The van der Waals surface area contributed by atoms with Crippen LogP contribution in [-0.2, 0) is 33.4 Å². The summed E-state index contributed by atoms with van der Waals surface area (Å²) in [5.74, 6) is -4.73. The van der Waals surface area contributed by atoms with Gasteiger partial charge in [-0.1, -0.05) is 0 Å². The maximum absolute atomic E-state index is 12.9. The van der Waals surface area contributed by atoms with E-state index in [0.717, 1.165) is 14.2 Å². The van der Waals surface area contributed by atoms with Crippen LogP contribution in [-0.4, -0.2) is 60.7 Å². The zero-order valence-corrected chi connectivity index (χ0v) is 14.4. The second-order valence-electron chi connectivity index (χ2n) is 6.34. The number of hydrogen-bond donors (Lipinski definition) is 0. The summed E-state index contributed by atoms with van der Waals surface area (Å²) in [5, 5.41) is -0.188. The third kappa shape index (κ3) is 4.82. The lowest BCUT2D eigenvalue weighted by molar-refractivity contribution is -0.282. The number of ether oxygens (including phenoxy) is 3. The molecule has 0 unspecified atom stereocenters. The molecule has 0 aromatic rings. The van der Waals surface area contributed by atoms with Gasteiger partial charge in [0, 0.05) is 6.42 Å². The largest absolute Gasteiger partial charge is 0.473 e. The van der Waals surface area contributed by atoms with Crippen LogP contribution in [0.15, 0.2) is 0 Å². The van der Waals surface area contributed by atoms with Gasteiger partial charge in [-0.15, -0.1) is 0 Å². The molecule has 0 bridgehead atoms. The van der Waals surface area contributed by atoms with Crippen molar-refractivity contribution in [2.24, 2.45) is 0 Å². The first-order chi connectivity index (χ1) is 11.3. The van der Waals surface area contributed by atoms with Gasteiger partial charge in [0.25, 0.3) is 0 Å². The van der Waals surface area contributed by atoms with Crippen molar-refractivity contribution >= 4 is 17.8 Å². The number of hydroxylamine groups is 2. The normalized spacial score (nSPS) is 24.2. The highest BCUT2D eigenvalue weighted by molar-refractivity contribution is 5.93. The molecule has 1 heterocycles. The molecule has 1 aliphatic rings. The number of esters is 2. The van der Waals surface area contributed by atoms with E-state index in [2.05, 4.69) is 9.47 Å². The van der Waals surface area contributed by atoms with E-state index in [0.29, 0.717) is 0 Å². The predicted molar refractivity (Wildman–Crippen MR) is 74.6 cm³/mol. The molecule has 144 valence electrons. The van der Waals surface area contributed by atoms with E-state index in [-0.39, 0.29) is 5.06 Å². The number of hydrogen-bond acceptors (Lipinski definition) is 7. The number of rotatable bonds is 4. The second kappa shape index (κ2) is 7.16. The highest BCUT2D eigenvalue weighted by atomic mass is 19.4. The maximum Gasteiger partial charge on any atom is 0.473 e. The van der Waals surface area contributed by atoms with Crippen molar-refractivity contribution in [3.63, 3.8) is 0 Å². The van der Waals surface area contributed by atoms with Crippen molar-refractivity contribution in [3.8, 4) is 0 Å². The number of carbonyl (C=O) groups is 3. The molecular weight excluding hydrogens is 351 g/mol. The molecule has 0 spiro atoms. The van der Waals surface area contributed by atoms with Crippen LogP contribution in [0, 0.1) is 0 Å². The van der Waals surface area contributed by atoms with E-state index in [4.69, 9.17) is 9.57 Å². The molecule has 0 radical (unpaired) electrons. The first-order valence-corrected chi connectivity index (χ1v) is 7.18. The van der Waals surface area contributed by atoms with Gasteiger partial charge in [0.1, 0.15) is 0 Å². The number of alkyl halides is 3. The van der Waals surface area contributed by atoms with Gasteiger partial charge in [0.2, 0.25) is 0 Å². The molecule has 1 amide bonds. The zero-order chi connectivity index (χ0) is 19.6. The summed E-state index contributed by atoms with van der Waals surface area (Å²) >= 11 is 0. The van der Waals surface area contributed by atoms with Gasteiger partial charge in [-0.2, -0.15) is 18.2 Å². The summed E-state index contributed by atoms with van der Waals surface area (Å²) in [6.45, 7) is 4.81. The molecule has 0 aromatic heterocycles. The highest BCUT2D eigenvalue weighted by Crippen LogP contribution is 2.40.